The van der Waals surface area contributed by atoms with Crippen LogP contribution < -0.4 is 10.9 Å². The molecular weight excluding hydrogens is 382 g/mol. The summed E-state index contributed by atoms with van der Waals surface area (Å²) in [5, 5.41) is 4.61. The molecule has 0 bridgehead atoms. The van der Waals surface area contributed by atoms with E-state index in [1.807, 2.05) is 0 Å². The zero-order chi connectivity index (χ0) is 19.4. The quantitative estimate of drug-likeness (QED) is 0.448. The van der Waals surface area contributed by atoms with Crippen molar-refractivity contribution in [2.45, 2.75) is 50.4 Å². The minimum atomic E-state index is -0.175. The predicted octanol–water partition coefficient (Wildman–Crippen LogP) is 4.02. The number of hydrogen-bond acceptors (Lipinski definition) is 4. The highest BCUT2D eigenvalue weighted by Crippen LogP contribution is 2.24. The van der Waals surface area contributed by atoms with Crippen LogP contribution in [0.25, 0.3) is 10.9 Å². The normalized spacial score (nSPS) is 19.8. The average molecular weight is 406 g/mol. The van der Waals surface area contributed by atoms with Crippen molar-refractivity contribution in [3.63, 3.8) is 0 Å². The SMILES string of the molecule is C=CCn1c(SCC(=O)N[C@H]2CCCC[C@@H]2C)nc2ccc(Cl)cc2c1=O. The van der Waals surface area contributed by atoms with Crippen molar-refractivity contribution < 1.29 is 4.79 Å². The molecule has 0 spiro atoms. The number of carbonyl (C=O) groups excluding carboxylic acids is 1. The van der Waals surface area contributed by atoms with Crippen LogP contribution in [-0.2, 0) is 11.3 Å². The summed E-state index contributed by atoms with van der Waals surface area (Å²) in [7, 11) is 0. The highest BCUT2D eigenvalue weighted by molar-refractivity contribution is 7.99. The van der Waals surface area contributed by atoms with Crippen LogP contribution in [0.2, 0.25) is 5.02 Å². The molecule has 0 aliphatic heterocycles. The van der Waals surface area contributed by atoms with Crippen LogP contribution in [0.15, 0.2) is 40.8 Å². The van der Waals surface area contributed by atoms with E-state index in [-0.39, 0.29) is 23.3 Å². The van der Waals surface area contributed by atoms with Gasteiger partial charge in [0.25, 0.3) is 5.56 Å². The smallest absolute Gasteiger partial charge is 0.262 e. The summed E-state index contributed by atoms with van der Waals surface area (Å²) in [4.78, 5) is 29.8. The molecule has 1 aromatic heterocycles. The van der Waals surface area contributed by atoms with E-state index in [1.165, 1.54) is 22.7 Å². The lowest BCUT2D eigenvalue weighted by atomic mass is 9.86. The third kappa shape index (κ3) is 4.74. The van der Waals surface area contributed by atoms with Crippen molar-refractivity contribution in [1.29, 1.82) is 0 Å². The Morgan fingerprint density at radius 3 is 2.96 bits per heavy atom. The zero-order valence-electron chi connectivity index (χ0n) is 15.4. The summed E-state index contributed by atoms with van der Waals surface area (Å²) in [5.41, 5.74) is 0.403. The second-order valence-electron chi connectivity index (χ2n) is 6.98. The maximum Gasteiger partial charge on any atom is 0.262 e. The van der Waals surface area contributed by atoms with Crippen LogP contribution in [0, 0.1) is 5.92 Å². The molecule has 1 N–H and O–H groups in total. The minimum Gasteiger partial charge on any atom is -0.352 e. The Hall–Kier alpha value is -1.79. The number of rotatable bonds is 6. The minimum absolute atomic E-state index is 0.0191. The number of nitrogens with zero attached hydrogens (tertiary/aromatic N) is 2. The second kappa shape index (κ2) is 8.93. The Morgan fingerprint density at radius 1 is 1.44 bits per heavy atom. The molecule has 1 saturated carbocycles. The molecule has 1 heterocycles. The first-order valence-corrected chi connectivity index (χ1v) is 10.6. The van der Waals surface area contributed by atoms with Crippen molar-refractivity contribution in [3.05, 3.63) is 46.2 Å². The van der Waals surface area contributed by atoms with Crippen molar-refractivity contribution in [2.75, 3.05) is 5.75 Å². The molecule has 1 amide bonds. The first-order chi connectivity index (χ1) is 13.0. The van der Waals surface area contributed by atoms with E-state index < -0.39 is 0 Å². The number of fused-ring (bicyclic) bond motifs is 1. The van der Waals surface area contributed by atoms with Gasteiger partial charge in [0.05, 0.1) is 16.7 Å². The fourth-order valence-corrected chi connectivity index (χ4v) is 4.47. The molecule has 144 valence electrons. The molecule has 27 heavy (non-hydrogen) atoms. The highest BCUT2D eigenvalue weighted by atomic mass is 35.5. The Bertz CT molecular complexity index is 912. The molecule has 2 aromatic rings. The molecule has 0 radical (unpaired) electrons. The van der Waals surface area contributed by atoms with Crippen molar-refractivity contribution in [3.8, 4) is 0 Å². The molecule has 5 nitrogen and oxygen atoms in total. The average Bonchev–Trinajstić information content (AvgIpc) is 2.65. The molecule has 3 rings (SSSR count). The molecule has 1 aliphatic rings. The number of halogens is 1. The van der Waals surface area contributed by atoms with E-state index in [2.05, 4.69) is 23.8 Å². The van der Waals surface area contributed by atoms with Gasteiger partial charge in [-0.1, -0.05) is 49.2 Å². The Labute approximate surface area is 168 Å². The highest BCUT2D eigenvalue weighted by Gasteiger charge is 2.23. The van der Waals surface area contributed by atoms with Gasteiger partial charge in [0.1, 0.15) is 0 Å². The standard InChI is InChI=1S/C20H24ClN3O2S/c1-3-10-24-19(26)15-11-14(21)8-9-17(15)23-20(24)27-12-18(25)22-16-7-5-4-6-13(16)2/h3,8-9,11,13,16H,1,4-7,10,12H2,2H3,(H,22,25)/t13-,16-/m0/s1. The summed E-state index contributed by atoms with van der Waals surface area (Å²) in [6, 6.07) is 5.30. The third-order valence-corrected chi connectivity index (χ3v) is 6.19. The second-order valence-corrected chi connectivity index (χ2v) is 8.36. The van der Waals surface area contributed by atoms with E-state index in [1.54, 1.807) is 24.3 Å². The van der Waals surface area contributed by atoms with Gasteiger partial charge in [-0.3, -0.25) is 14.2 Å². The van der Waals surface area contributed by atoms with Gasteiger partial charge in [-0.2, -0.15) is 0 Å². The Kier molecular flexibility index (Phi) is 6.60. The fourth-order valence-electron chi connectivity index (χ4n) is 3.48. The molecule has 1 aliphatic carbocycles. The molecule has 1 fully saturated rings. The van der Waals surface area contributed by atoms with Crippen molar-refractivity contribution in [2.24, 2.45) is 5.92 Å². The number of nitrogens with one attached hydrogen (secondary N) is 1. The lowest BCUT2D eigenvalue weighted by Gasteiger charge is -2.29. The van der Waals surface area contributed by atoms with Gasteiger partial charge in [-0.25, -0.2) is 4.98 Å². The molecule has 2 atom stereocenters. The Balaban J connectivity index is 1.78. The maximum absolute atomic E-state index is 12.8. The van der Waals surface area contributed by atoms with Gasteiger partial charge in [-0.15, -0.1) is 6.58 Å². The first kappa shape index (κ1) is 20.0. The van der Waals surface area contributed by atoms with E-state index in [0.29, 0.717) is 33.5 Å². The first-order valence-electron chi connectivity index (χ1n) is 9.22. The van der Waals surface area contributed by atoms with E-state index in [9.17, 15) is 9.59 Å². The molecule has 7 heteroatoms. The largest absolute Gasteiger partial charge is 0.352 e. The zero-order valence-corrected chi connectivity index (χ0v) is 17.0. The van der Waals surface area contributed by atoms with Crippen LogP contribution >= 0.6 is 23.4 Å². The number of aromatic nitrogens is 2. The lowest BCUT2D eigenvalue weighted by molar-refractivity contribution is -0.119. The molecule has 1 aromatic carbocycles. The van der Waals surface area contributed by atoms with E-state index in [4.69, 9.17) is 11.6 Å². The number of hydrogen-bond donors (Lipinski definition) is 1. The van der Waals surface area contributed by atoms with Crippen molar-refractivity contribution in [1.82, 2.24) is 14.9 Å². The van der Waals surface area contributed by atoms with Crippen LogP contribution in [0.3, 0.4) is 0 Å². The summed E-state index contributed by atoms with van der Waals surface area (Å²) in [6.45, 7) is 6.24. The van der Waals surface area contributed by atoms with Gasteiger partial charge in [0.15, 0.2) is 5.16 Å². The lowest BCUT2D eigenvalue weighted by Crippen LogP contribution is -2.41. The summed E-state index contributed by atoms with van der Waals surface area (Å²) < 4.78 is 1.53. The maximum atomic E-state index is 12.8. The van der Waals surface area contributed by atoms with Gasteiger partial charge >= 0.3 is 0 Å². The monoisotopic (exact) mass is 405 g/mol. The number of carbonyl (C=O) groups is 1. The van der Waals surface area contributed by atoms with E-state index in [0.717, 1.165) is 19.3 Å². The van der Waals surface area contributed by atoms with Crippen LogP contribution in [-0.4, -0.2) is 27.3 Å². The number of allylic oxidation sites excluding steroid dienone is 1. The van der Waals surface area contributed by atoms with E-state index >= 15 is 0 Å². The van der Waals surface area contributed by atoms with Gasteiger partial charge < -0.3 is 5.32 Å². The van der Waals surface area contributed by atoms with Gasteiger partial charge in [0, 0.05) is 17.6 Å². The van der Waals surface area contributed by atoms with Gasteiger partial charge in [0.2, 0.25) is 5.91 Å². The summed E-state index contributed by atoms with van der Waals surface area (Å²) >= 11 is 7.29. The molecular formula is C20H24ClN3O2S. The van der Waals surface area contributed by atoms with Gasteiger partial charge in [-0.05, 0) is 37.0 Å². The third-order valence-electron chi connectivity index (χ3n) is 4.98. The summed E-state index contributed by atoms with van der Waals surface area (Å²) in [5.74, 6) is 0.718. The molecule has 0 unspecified atom stereocenters. The molecule has 0 saturated heterocycles. The number of amides is 1. The van der Waals surface area contributed by atoms with Crippen LogP contribution in [0.5, 0.6) is 0 Å². The Morgan fingerprint density at radius 2 is 2.22 bits per heavy atom. The predicted molar refractivity (Wildman–Crippen MR) is 111 cm³/mol. The van der Waals surface area contributed by atoms with Crippen LogP contribution in [0.1, 0.15) is 32.6 Å². The fraction of sp³-hybridized carbons (Fsp3) is 0.450. The number of benzene rings is 1. The van der Waals surface area contributed by atoms with Crippen LogP contribution in [0.4, 0.5) is 0 Å². The number of thioether (sulfide) groups is 1. The topological polar surface area (TPSA) is 64.0 Å². The summed E-state index contributed by atoms with van der Waals surface area (Å²) in [6.07, 6.45) is 6.24. The van der Waals surface area contributed by atoms with Crippen molar-refractivity contribution >= 4 is 40.2 Å².